The molecule has 5 atom stereocenters. The van der Waals surface area contributed by atoms with Gasteiger partial charge < -0.3 is 5.32 Å². The molecule has 0 amide bonds. The van der Waals surface area contributed by atoms with E-state index in [-0.39, 0.29) is 0 Å². The van der Waals surface area contributed by atoms with Crippen LogP contribution in [0.15, 0.2) is 0 Å². The van der Waals surface area contributed by atoms with E-state index in [1.165, 1.54) is 32.6 Å². The average molecular weight is 234 g/mol. The quantitative estimate of drug-likeness (QED) is 0.746. The molecular weight excluding hydrogens is 208 g/mol. The van der Waals surface area contributed by atoms with Crippen molar-refractivity contribution in [3.05, 3.63) is 0 Å². The summed E-state index contributed by atoms with van der Waals surface area (Å²) in [6.07, 6.45) is 6.08. The number of nitrogens with one attached hydrogen (secondary N) is 1. The summed E-state index contributed by atoms with van der Waals surface area (Å²) >= 11 is 0. The minimum atomic E-state index is 0.842. The first-order valence-corrected chi connectivity index (χ1v) is 7.79. The summed E-state index contributed by atoms with van der Waals surface area (Å²) in [4.78, 5) is 2.88. The highest BCUT2D eigenvalue weighted by molar-refractivity contribution is 5.17. The maximum atomic E-state index is 3.57. The fraction of sp³-hybridized carbons (Fsp3) is 1.00. The van der Waals surface area contributed by atoms with Gasteiger partial charge in [0.2, 0.25) is 0 Å². The van der Waals surface area contributed by atoms with E-state index in [9.17, 15) is 0 Å². The Bertz CT molecular complexity index is 287. The summed E-state index contributed by atoms with van der Waals surface area (Å²) in [5.41, 5.74) is 0. The van der Waals surface area contributed by atoms with Gasteiger partial charge in [-0.15, -0.1) is 0 Å². The number of rotatable bonds is 1. The maximum absolute atomic E-state index is 3.57. The van der Waals surface area contributed by atoms with Gasteiger partial charge in [0.15, 0.2) is 0 Å². The molecule has 4 rings (SSSR count). The van der Waals surface area contributed by atoms with Crippen molar-refractivity contribution in [3.8, 4) is 0 Å². The van der Waals surface area contributed by atoms with Gasteiger partial charge in [-0.2, -0.15) is 0 Å². The number of nitrogens with zero attached hydrogens (tertiary/aromatic N) is 1. The Balaban J connectivity index is 1.45. The second kappa shape index (κ2) is 3.96. The Morgan fingerprint density at radius 3 is 2.65 bits per heavy atom. The Labute approximate surface area is 105 Å². The first-order chi connectivity index (χ1) is 8.34. The second-order valence-electron chi connectivity index (χ2n) is 7.14. The highest BCUT2D eigenvalue weighted by Gasteiger charge is 2.66. The van der Waals surface area contributed by atoms with Crippen molar-refractivity contribution in [1.29, 1.82) is 0 Å². The van der Waals surface area contributed by atoms with Gasteiger partial charge in [0.25, 0.3) is 0 Å². The van der Waals surface area contributed by atoms with Crippen LogP contribution in [0, 0.1) is 29.6 Å². The van der Waals surface area contributed by atoms with Gasteiger partial charge in [0, 0.05) is 12.6 Å². The molecule has 1 N–H and O–H groups in total. The number of fused-ring (bicyclic) bond motifs is 5. The average Bonchev–Trinajstić information content (AvgIpc) is 2.73. The van der Waals surface area contributed by atoms with E-state index in [0.29, 0.717) is 0 Å². The van der Waals surface area contributed by atoms with Crippen molar-refractivity contribution in [2.24, 2.45) is 29.6 Å². The summed E-state index contributed by atoms with van der Waals surface area (Å²) in [5.74, 6) is 5.37. The molecule has 0 aromatic heterocycles. The van der Waals surface area contributed by atoms with Crippen molar-refractivity contribution in [3.63, 3.8) is 0 Å². The van der Waals surface area contributed by atoms with Crippen LogP contribution in [0.4, 0.5) is 0 Å². The van der Waals surface area contributed by atoms with Gasteiger partial charge >= 0.3 is 0 Å². The Morgan fingerprint density at radius 1 is 1.12 bits per heavy atom. The maximum Gasteiger partial charge on any atom is 0.0164 e. The lowest BCUT2D eigenvalue weighted by molar-refractivity contribution is 0.177. The van der Waals surface area contributed by atoms with E-state index in [1.54, 1.807) is 19.3 Å². The zero-order valence-electron chi connectivity index (χ0n) is 11.1. The molecule has 0 aromatic rings. The summed E-state index contributed by atoms with van der Waals surface area (Å²) in [6, 6.07) is 1.02. The molecule has 4 fully saturated rings. The molecule has 17 heavy (non-hydrogen) atoms. The highest BCUT2D eigenvalue weighted by Crippen LogP contribution is 2.67. The number of hydrogen-bond donors (Lipinski definition) is 1. The summed E-state index contributed by atoms with van der Waals surface area (Å²) in [5, 5.41) is 3.57. The first-order valence-electron chi connectivity index (χ1n) is 7.79. The highest BCUT2D eigenvalue weighted by atomic mass is 15.2. The van der Waals surface area contributed by atoms with Crippen molar-refractivity contribution in [2.75, 3.05) is 26.2 Å². The van der Waals surface area contributed by atoms with Crippen LogP contribution in [0.3, 0.4) is 0 Å². The second-order valence-corrected chi connectivity index (χ2v) is 7.14. The summed E-state index contributed by atoms with van der Waals surface area (Å²) < 4.78 is 0. The van der Waals surface area contributed by atoms with Crippen LogP contribution < -0.4 is 5.32 Å². The van der Waals surface area contributed by atoms with Gasteiger partial charge in [0.1, 0.15) is 0 Å². The minimum Gasteiger partial charge on any atom is -0.316 e. The molecule has 1 heterocycles. The fourth-order valence-corrected chi connectivity index (χ4v) is 5.35. The zero-order valence-corrected chi connectivity index (χ0v) is 11.1. The molecule has 1 aliphatic heterocycles. The smallest absolute Gasteiger partial charge is 0.0164 e. The van der Waals surface area contributed by atoms with Crippen molar-refractivity contribution < 1.29 is 0 Å². The van der Waals surface area contributed by atoms with E-state index in [4.69, 9.17) is 0 Å². The van der Waals surface area contributed by atoms with Gasteiger partial charge in [-0.05, 0) is 74.9 Å². The molecule has 0 aromatic carbocycles. The first kappa shape index (κ1) is 10.8. The molecule has 2 nitrogen and oxygen atoms in total. The van der Waals surface area contributed by atoms with E-state index in [0.717, 1.165) is 35.6 Å². The van der Waals surface area contributed by atoms with Crippen molar-refractivity contribution in [2.45, 2.75) is 38.6 Å². The predicted molar refractivity (Wildman–Crippen MR) is 69.8 cm³/mol. The van der Waals surface area contributed by atoms with Crippen LogP contribution in [0.5, 0.6) is 0 Å². The molecule has 2 heteroatoms. The SMILES string of the molecule is CC1CNCCCN(C2C3C4CCC(C4)C32)C1. The standard InChI is InChI=1S/C15H26N2/c1-10-8-16-5-2-6-17(9-10)15-13-11-3-4-12(7-11)14(13)15/h10-16H,2-9H2,1H3. The lowest BCUT2D eigenvalue weighted by Crippen LogP contribution is -2.41. The number of hydrogen-bond acceptors (Lipinski definition) is 2. The third kappa shape index (κ3) is 1.67. The summed E-state index contributed by atoms with van der Waals surface area (Å²) in [7, 11) is 0. The van der Waals surface area contributed by atoms with Gasteiger partial charge in [-0.1, -0.05) is 6.92 Å². The third-order valence-corrected chi connectivity index (χ3v) is 5.95. The molecular formula is C15H26N2. The molecule has 3 saturated carbocycles. The molecule has 4 aliphatic rings. The van der Waals surface area contributed by atoms with E-state index >= 15 is 0 Å². The van der Waals surface area contributed by atoms with Crippen molar-refractivity contribution >= 4 is 0 Å². The molecule has 0 radical (unpaired) electrons. The topological polar surface area (TPSA) is 15.3 Å². The van der Waals surface area contributed by atoms with Crippen LogP contribution in [0.1, 0.15) is 32.6 Å². The molecule has 5 unspecified atom stereocenters. The van der Waals surface area contributed by atoms with Gasteiger partial charge in [-0.3, -0.25) is 4.90 Å². The molecule has 3 aliphatic carbocycles. The lowest BCUT2D eigenvalue weighted by Gasteiger charge is -2.30. The van der Waals surface area contributed by atoms with Crippen LogP contribution in [0.25, 0.3) is 0 Å². The van der Waals surface area contributed by atoms with E-state index < -0.39 is 0 Å². The van der Waals surface area contributed by atoms with Crippen molar-refractivity contribution in [1.82, 2.24) is 10.2 Å². The minimum absolute atomic E-state index is 0.842. The Hall–Kier alpha value is -0.0800. The summed E-state index contributed by atoms with van der Waals surface area (Å²) in [6.45, 7) is 7.58. The predicted octanol–water partition coefficient (Wildman–Crippen LogP) is 1.96. The fourth-order valence-electron chi connectivity index (χ4n) is 5.35. The van der Waals surface area contributed by atoms with Crippen LogP contribution in [-0.2, 0) is 0 Å². The Kier molecular flexibility index (Phi) is 2.52. The Morgan fingerprint density at radius 2 is 1.88 bits per heavy atom. The molecule has 2 bridgehead atoms. The van der Waals surface area contributed by atoms with E-state index in [1.807, 2.05) is 0 Å². The zero-order chi connectivity index (χ0) is 11.4. The molecule has 0 spiro atoms. The normalized spacial score (nSPS) is 54.2. The van der Waals surface area contributed by atoms with Crippen LogP contribution in [0.2, 0.25) is 0 Å². The lowest BCUT2D eigenvalue weighted by atomic mass is 10.0. The van der Waals surface area contributed by atoms with E-state index in [2.05, 4.69) is 17.1 Å². The molecule has 96 valence electrons. The molecule has 1 saturated heterocycles. The van der Waals surface area contributed by atoms with Crippen LogP contribution in [-0.4, -0.2) is 37.1 Å². The third-order valence-electron chi connectivity index (χ3n) is 5.95. The monoisotopic (exact) mass is 234 g/mol. The van der Waals surface area contributed by atoms with Gasteiger partial charge in [0.05, 0.1) is 0 Å². The van der Waals surface area contributed by atoms with Crippen LogP contribution >= 0.6 is 0 Å². The van der Waals surface area contributed by atoms with Gasteiger partial charge in [-0.25, -0.2) is 0 Å². The largest absolute Gasteiger partial charge is 0.316 e.